The van der Waals surface area contributed by atoms with Crippen LogP contribution in [-0.4, -0.2) is 5.75 Å². The summed E-state index contributed by atoms with van der Waals surface area (Å²) < 4.78 is 12.5. The van der Waals surface area contributed by atoms with Crippen molar-refractivity contribution in [2.45, 2.75) is 24.2 Å². The van der Waals surface area contributed by atoms with Crippen LogP contribution in [0.5, 0.6) is 0 Å². The molecule has 0 nitrogen and oxygen atoms in total. The summed E-state index contributed by atoms with van der Waals surface area (Å²) in [6.07, 6.45) is 8.18. The lowest BCUT2D eigenvalue weighted by Crippen LogP contribution is -1.81. The Morgan fingerprint density at radius 1 is 1.21 bits per heavy atom. The van der Waals surface area contributed by atoms with Gasteiger partial charge in [0.05, 0.1) is 0 Å². The average Bonchev–Trinajstić information content (AvgIpc) is 2.21. The Kier molecular flexibility index (Phi) is 5.17. The second-order valence-corrected chi connectivity index (χ2v) is 4.13. The molecule has 74 valence electrons. The van der Waals surface area contributed by atoms with E-state index < -0.39 is 0 Å². The first kappa shape index (κ1) is 11.1. The molecule has 0 unspecified atom stereocenters. The Hall–Kier alpha value is -0.940. The van der Waals surface area contributed by atoms with Gasteiger partial charge in [-0.05, 0) is 42.9 Å². The molecule has 0 fully saturated rings. The summed E-state index contributed by atoms with van der Waals surface area (Å²) in [5.41, 5.74) is 0. The van der Waals surface area contributed by atoms with E-state index in [1.165, 1.54) is 12.1 Å². The Morgan fingerprint density at radius 3 is 2.57 bits per heavy atom. The lowest BCUT2D eigenvalue weighted by atomic mass is 10.3. The number of unbranched alkanes of at least 4 members (excludes halogenated alkanes) is 2. The molecule has 1 aromatic rings. The SMILES string of the molecule is C#CCCCCSc1ccc(F)cc1. The summed E-state index contributed by atoms with van der Waals surface area (Å²) in [6, 6.07) is 6.59. The highest BCUT2D eigenvalue weighted by molar-refractivity contribution is 7.99. The van der Waals surface area contributed by atoms with E-state index >= 15 is 0 Å². The van der Waals surface area contributed by atoms with E-state index in [1.807, 2.05) is 0 Å². The smallest absolute Gasteiger partial charge is 0.123 e. The third-order valence-electron chi connectivity index (χ3n) is 1.80. The minimum atomic E-state index is -0.179. The average molecular weight is 208 g/mol. The van der Waals surface area contributed by atoms with Crippen LogP contribution in [-0.2, 0) is 0 Å². The minimum Gasteiger partial charge on any atom is -0.207 e. The zero-order chi connectivity index (χ0) is 10.2. The van der Waals surface area contributed by atoms with Crippen LogP contribution < -0.4 is 0 Å². The molecular weight excluding hydrogens is 195 g/mol. The molecule has 0 spiro atoms. The van der Waals surface area contributed by atoms with Gasteiger partial charge in [-0.2, -0.15) is 0 Å². The molecule has 0 atom stereocenters. The third-order valence-corrected chi connectivity index (χ3v) is 2.90. The summed E-state index contributed by atoms with van der Waals surface area (Å²) in [5, 5.41) is 0. The van der Waals surface area contributed by atoms with Crippen LogP contribution in [0.3, 0.4) is 0 Å². The molecule has 1 aromatic carbocycles. The number of hydrogen-bond acceptors (Lipinski definition) is 1. The highest BCUT2D eigenvalue weighted by Gasteiger charge is 1.94. The van der Waals surface area contributed by atoms with Crippen molar-refractivity contribution < 1.29 is 4.39 Å². The lowest BCUT2D eigenvalue weighted by Gasteiger charge is -1.99. The topological polar surface area (TPSA) is 0 Å². The molecule has 0 radical (unpaired) electrons. The van der Waals surface area contributed by atoms with Crippen LogP contribution in [0.2, 0.25) is 0 Å². The summed E-state index contributed by atoms with van der Waals surface area (Å²) in [4.78, 5) is 1.12. The summed E-state index contributed by atoms with van der Waals surface area (Å²) in [5.74, 6) is 3.48. The van der Waals surface area contributed by atoms with Crippen LogP contribution in [0.1, 0.15) is 19.3 Å². The van der Waals surface area contributed by atoms with Crippen molar-refractivity contribution >= 4 is 11.8 Å². The monoisotopic (exact) mass is 208 g/mol. The maximum absolute atomic E-state index is 12.5. The Bertz CT molecular complexity index is 297. The predicted molar refractivity (Wildman–Crippen MR) is 59.8 cm³/mol. The van der Waals surface area contributed by atoms with Crippen LogP contribution in [0.25, 0.3) is 0 Å². The van der Waals surface area contributed by atoms with Gasteiger partial charge in [0.2, 0.25) is 0 Å². The van der Waals surface area contributed by atoms with Crippen LogP contribution in [0, 0.1) is 18.2 Å². The van der Waals surface area contributed by atoms with Crippen molar-refractivity contribution in [3.63, 3.8) is 0 Å². The highest BCUT2D eigenvalue weighted by Crippen LogP contribution is 2.19. The second-order valence-electron chi connectivity index (χ2n) is 2.96. The fraction of sp³-hybridized carbons (Fsp3) is 0.333. The van der Waals surface area contributed by atoms with E-state index in [1.54, 1.807) is 23.9 Å². The molecule has 0 saturated carbocycles. The molecule has 14 heavy (non-hydrogen) atoms. The van der Waals surface area contributed by atoms with Crippen molar-refractivity contribution in [2.24, 2.45) is 0 Å². The highest BCUT2D eigenvalue weighted by atomic mass is 32.2. The summed E-state index contributed by atoms with van der Waals surface area (Å²) >= 11 is 1.74. The normalized spacial score (nSPS) is 9.71. The zero-order valence-corrected chi connectivity index (χ0v) is 8.82. The van der Waals surface area contributed by atoms with Crippen LogP contribution in [0.4, 0.5) is 4.39 Å². The maximum atomic E-state index is 12.5. The van der Waals surface area contributed by atoms with E-state index in [-0.39, 0.29) is 5.82 Å². The van der Waals surface area contributed by atoms with Gasteiger partial charge in [-0.15, -0.1) is 24.1 Å². The lowest BCUT2D eigenvalue weighted by molar-refractivity contribution is 0.626. The number of terminal acetylenes is 1. The first-order valence-electron chi connectivity index (χ1n) is 4.65. The van der Waals surface area contributed by atoms with Gasteiger partial charge in [-0.1, -0.05) is 0 Å². The molecular formula is C12H13FS. The second kappa shape index (κ2) is 6.50. The Labute approximate surface area is 88.9 Å². The van der Waals surface area contributed by atoms with Crippen molar-refractivity contribution in [1.29, 1.82) is 0 Å². The number of benzene rings is 1. The molecule has 1 rings (SSSR count). The van der Waals surface area contributed by atoms with Crippen LogP contribution >= 0.6 is 11.8 Å². The molecule has 0 N–H and O–H groups in total. The molecule has 0 amide bonds. The van der Waals surface area contributed by atoms with Gasteiger partial charge in [0.1, 0.15) is 5.82 Å². The van der Waals surface area contributed by atoms with Gasteiger partial charge < -0.3 is 0 Å². The molecule has 0 bridgehead atoms. The van der Waals surface area contributed by atoms with E-state index in [2.05, 4.69) is 5.92 Å². The van der Waals surface area contributed by atoms with Crippen molar-refractivity contribution in [1.82, 2.24) is 0 Å². The standard InChI is InChI=1S/C12H13FS/c1-2-3-4-5-10-14-12-8-6-11(13)7-9-12/h1,6-9H,3-5,10H2. The van der Waals surface area contributed by atoms with Gasteiger partial charge in [0, 0.05) is 11.3 Å². The fourth-order valence-corrected chi connectivity index (χ4v) is 1.96. The third kappa shape index (κ3) is 4.34. The summed E-state index contributed by atoms with van der Waals surface area (Å²) in [7, 11) is 0. The molecule has 0 aromatic heterocycles. The number of thioether (sulfide) groups is 1. The first-order chi connectivity index (χ1) is 6.83. The van der Waals surface area contributed by atoms with Gasteiger partial charge in [0.15, 0.2) is 0 Å². The van der Waals surface area contributed by atoms with Gasteiger partial charge in [-0.25, -0.2) is 4.39 Å². The van der Waals surface area contributed by atoms with E-state index in [0.29, 0.717) is 0 Å². The zero-order valence-electron chi connectivity index (χ0n) is 8.00. The maximum Gasteiger partial charge on any atom is 0.123 e. The van der Waals surface area contributed by atoms with E-state index in [0.717, 1.165) is 29.9 Å². The Morgan fingerprint density at radius 2 is 1.93 bits per heavy atom. The molecule has 0 aliphatic rings. The fourth-order valence-electron chi connectivity index (χ4n) is 1.05. The van der Waals surface area contributed by atoms with E-state index in [9.17, 15) is 4.39 Å². The quantitative estimate of drug-likeness (QED) is 0.404. The van der Waals surface area contributed by atoms with Gasteiger partial charge in [-0.3, -0.25) is 0 Å². The minimum absolute atomic E-state index is 0.179. The first-order valence-corrected chi connectivity index (χ1v) is 5.63. The van der Waals surface area contributed by atoms with E-state index in [4.69, 9.17) is 6.42 Å². The summed E-state index contributed by atoms with van der Waals surface area (Å²) in [6.45, 7) is 0. The number of rotatable bonds is 5. The van der Waals surface area contributed by atoms with Crippen molar-refractivity contribution in [3.8, 4) is 12.3 Å². The molecule has 0 aliphatic carbocycles. The molecule has 0 aliphatic heterocycles. The Balaban J connectivity index is 2.19. The number of hydrogen-bond donors (Lipinski definition) is 0. The van der Waals surface area contributed by atoms with Gasteiger partial charge in [0.25, 0.3) is 0 Å². The molecule has 2 heteroatoms. The van der Waals surface area contributed by atoms with Crippen molar-refractivity contribution in [2.75, 3.05) is 5.75 Å². The molecule has 0 saturated heterocycles. The largest absolute Gasteiger partial charge is 0.207 e. The molecule has 0 heterocycles. The van der Waals surface area contributed by atoms with Gasteiger partial charge >= 0.3 is 0 Å². The van der Waals surface area contributed by atoms with Crippen LogP contribution in [0.15, 0.2) is 29.2 Å². The predicted octanol–water partition coefficient (Wildman–Crippen LogP) is 3.72. The van der Waals surface area contributed by atoms with Crippen molar-refractivity contribution in [3.05, 3.63) is 30.1 Å². The number of halogens is 1.